The van der Waals surface area contributed by atoms with Gasteiger partial charge in [-0.3, -0.25) is 13.5 Å². The Bertz CT molecular complexity index is 1390. The van der Waals surface area contributed by atoms with E-state index in [4.69, 9.17) is 9.72 Å². The second kappa shape index (κ2) is 8.16. The van der Waals surface area contributed by atoms with Gasteiger partial charge in [0.15, 0.2) is 11.5 Å². The van der Waals surface area contributed by atoms with E-state index in [-0.39, 0.29) is 18.3 Å². The smallest absolute Gasteiger partial charge is 0.330 e. The Balaban J connectivity index is 1.70. The van der Waals surface area contributed by atoms with E-state index in [0.717, 1.165) is 0 Å². The number of nitriles is 1. The highest BCUT2D eigenvalue weighted by atomic mass is 16.5. The van der Waals surface area contributed by atoms with Crippen molar-refractivity contribution in [1.29, 1.82) is 5.26 Å². The molecule has 1 atom stereocenters. The molecule has 4 aromatic rings. The summed E-state index contributed by atoms with van der Waals surface area (Å²) >= 11 is 0. The van der Waals surface area contributed by atoms with Crippen molar-refractivity contribution in [3.8, 4) is 17.6 Å². The highest BCUT2D eigenvalue weighted by molar-refractivity contribution is 5.74. The largest absolute Gasteiger partial charge is 0.394 e. The molecule has 1 aliphatic heterocycles. The number of aliphatic hydroxyl groups is 2. The van der Waals surface area contributed by atoms with Gasteiger partial charge in [0.05, 0.1) is 37.2 Å². The summed E-state index contributed by atoms with van der Waals surface area (Å²) in [4.78, 5) is 26.8. The van der Waals surface area contributed by atoms with Crippen LogP contribution in [-0.4, -0.2) is 64.6 Å². The molecule has 0 unspecified atom stereocenters. The van der Waals surface area contributed by atoms with Crippen molar-refractivity contribution in [2.24, 2.45) is 0 Å². The van der Waals surface area contributed by atoms with Gasteiger partial charge in [-0.25, -0.2) is 19.7 Å². The lowest BCUT2D eigenvalue weighted by Crippen LogP contribution is -2.33. The number of ether oxygens (including phenoxy) is 1. The van der Waals surface area contributed by atoms with Crippen molar-refractivity contribution in [2.45, 2.75) is 31.5 Å². The lowest BCUT2D eigenvalue weighted by atomic mass is 10.1. The Kier molecular flexibility index (Phi) is 5.18. The van der Waals surface area contributed by atoms with Crippen molar-refractivity contribution in [3.63, 3.8) is 0 Å². The Morgan fingerprint density at radius 3 is 2.81 bits per heavy atom. The SMILES string of the molecule is N#Cc1ccc2ncc(-c3ncc4c(n3)n(C3CCOCC3)c(=O)n4C[C@H](O)CO)n2c1. The van der Waals surface area contributed by atoms with Crippen LogP contribution < -0.4 is 5.69 Å². The van der Waals surface area contributed by atoms with Crippen LogP contribution in [0, 0.1) is 11.3 Å². The predicted octanol–water partition coefficient (Wildman–Crippen LogP) is 0.484. The number of fused-ring (bicyclic) bond motifs is 2. The zero-order valence-electron chi connectivity index (χ0n) is 17.1. The van der Waals surface area contributed by atoms with Gasteiger partial charge in [0.2, 0.25) is 0 Å². The van der Waals surface area contributed by atoms with Gasteiger partial charge in [-0.15, -0.1) is 0 Å². The zero-order valence-corrected chi connectivity index (χ0v) is 17.1. The van der Waals surface area contributed by atoms with Gasteiger partial charge in [0, 0.05) is 25.5 Å². The number of nitrogens with zero attached hydrogens (tertiary/aromatic N) is 7. The van der Waals surface area contributed by atoms with Crippen LogP contribution in [0.15, 0.2) is 35.5 Å². The minimum atomic E-state index is -1.08. The number of pyridine rings is 1. The van der Waals surface area contributed by atoms with E-state index in [1.54, 1.807) is 39.7 Å². The number of rotatable bonds is 5. The third kappa shape index (κ3) is 3.34. The summed E-state index contributed by atoms with van der Waals surface area (Å²) in [6, 6.07) is 5.44. The topological polar surface area (TPSA) is 143 Å². The van der Waals surface area contributed by atoms with Crippen LogP contribution in [-0.2, 0) is 11.3 Å². The van der Waals surface area contributed by atoms with Crippen molar-refractivity contribution < 1.29 is 14.9 Å². The van der Waals surface area contributed by atoms with Crippen LogP contribution >= 0.6 is 0 Å². The molecule has 1 fully saturated rings. The summed E-state index contributed by atoms with van der Waals surface area (Å²) in [5, 5.41) is 28.5. The van der Waals surface area contributed by atoms with Gasteiger partial charge in [0.25, 0.3) is 0 Å². The van der Waals surface area contributed by atoms with Crippen LogP contribution in [0.5, 0.6) is 0 Å². The van der Waals surface area contributed by atoms with Gasteiger partial charge in [-0.2, -0.15) is 5.26 Å². The first-order chi connectivity index (χ1) is 15.6. The number of imidazole rings is 2. The quantitative estimate of drug-likeness (QED) is 0.461. The zero-order chi connectivity index (χ0) is 22.2. The molecule has 0 amide bonds. The molecule has 0 radical (unpaired) electrons. The predicted molar refractivity (Wildman–Crippen MR) is 113 cm³/mol. The van der Waals surface area contributed by atoms with E-state index in [9.17, 15) is 20.3 Å². The molecular weight excluding hydrogens is 414 g/mol. The standard InChI is InChI=1S/C21H21N7O4/c22-7-13-1-2-18-23-8-16(26(18)10-13)19-24-9-17-20(25-19)28(14-3-5-32-6-4-14)21(31)27(17)11-15(30)12-29/h1-2,8-10,14-15,29-30H,3-6,11-12H2/t15-/m0/s1. The summed E-state index contributed by atoms with van der Waals surface area (Å²) in [7, 11) is 0. The van der Waals surface area contributed by atoms with Crippen LogP contribution in [0.1, 0.15) is 24.4 Å². The minimum Gasteiger partial charge on any atom is -0.394 e. The fraction of sp³-hybridized carbons (Fsp3) is 0.381. The molecule has 0 bridgehead atoms. The van der Waals surface area contributed by atoms with Crippen LogP contribution in [0.4, 0.5) is 0 Å². The molecule has 0 saturated carbocycles. The first-order valence-corrected chi connectivity index (χ1v) is 10.3. The third-order valence-electron chi connectivity index (χ3n) is 5.73. The van der Waals surface area contributed by atoms with E-state index in [1.807, 2.05) is 0 Å². The molecule has 5 heterocycles. The van der Waals surface area contributed by atoms with Gasteiger partial charge in [-0.1, -0.05) is 0 Å². The molecular formula is C21H21N7O4. The highest BCUT2D eigenvalue weighted by Gasteiger charge is 2.25. The Morgan fingerprint density at radius 1 is 1.25 bits per heavy atom. The van der Waals surface area contributed by atoms with Crippen molar-refractivity contribution in [3.05, 3.63) is 46.8 Å². The van der Waals surface area contributed by atoms with Gasteiger partial charge < -0.3 is 14.9 Å². The van der Waals surface area contributed by atoms with Crippen LogP contribution in [0.25, 0.3) is 28.3 Å². The van der Waals surface area contributed by atoms with Crippen molar-refractivity contribution >= 4 is 16.8 Å². The molecule has 164 valence electrons. The number of aliphatic hydroxyl groups excluding tert-OH is 2. The maximum absolute atomic E-state index is 13.3. The minimum absolute atomic E-state index is 0.0636. The Hall–Kier alpha value is -3.59. The Labute approximate surface area is 181 Å². The highest BCUT2D eigenvalue weighted by Crippen LogP contribution is 2.26. The lowest BCUT2D eigenvalue weighted by Gasteiger charge is -2.22. The second-order valence-electron chi connectivity index (χ2n) is 7.75. The molecule has 11 nitrogen and oxygen atoms in total. The van der Waals surface area contributed by atoms with Crippen molar-refractivity contribution in [1.82, 2.24) is 28.5 Å². The fourth-order valence-corrected chi connectivity index (χ4v) is 4.11. The average Bonchev–Trinajstić information content (AvgIpc) is 3.37. The molecule has 32 heavy (non-hydrogen) atoms. The summed E-state index contributed by atoms with van der Waals surface area (Å²) in [5.41, 5.74) is 2.32. The first-order valence-electron chi connectivity index (χ1n) is 10.3. The van der Waals surface area contributed by atoms with Gasteiger partial charge >= 0.3 is 5.69 Å². The van der Waals surface area contributed by atoms with E-state index < -0.39 is 12.7 Å². The van der Waals surface area contributed by atoms with E-state index >= 15 is 0 Å². The summed E-state index contributed by atoms with van der Waals surface area (Å²) in [6.07, 6.45) is 5.10. The first kappa shape index (κ1) is 20.3. The van der Waals surface area contributed by atoms with Crippen LogP contribution in [0.2, 0.25) is 0 Å². The van der Waals surface area contributed by atoms with E-state index in [2.05, 4.69) is 16.0 Å². The van der Waals surface area contributed by atoms with Crippen molar-refractivity contribution in [2.75, 3.05) is 19.8 Å². The molecule has 1 saturated heterocycles. The summed E-state index contributed by atoms with van der Waals surface area (Å²) in [6.45, 7) is 0.570. The second-order valence-corrected chi connectivity index (χ2v) is 7.75. The molecule has 4 aromatic heterocycles. The molecule has 2 N–H and O–H groups in total. The normalized spacial score (nSPS) is 15.9. The maximum atomic E-state index is 13.3. The number of hydrogen-bond donors (Lipinski definition) is 2. The lowest BCUT2D eigenvalue weighted by molar-refractivity contribution is 0.0680. The molecule has 0 aliphatic carbocycles. The van der Waals surface area contributed by atoms with Gasteiger partial charge in [-0.05, 0) is 25.0 Å². The summed E-state index contributed by atoms with van der Waals surface area (Å²) in [5.74, 6) is 0.362. The van der Waals surface area contributed by atoms with E-state index in [0.29, 0.717) is 59.9 Å². The Morgan fingerprint density at radius 2 is 2.06 bits per heavy atom. The molecule has 5 rings (SSSR count). The number of aromatic nitrogens is 6. The summed E-state index contributed by atoms with van der Waals surface area (Å²) < 4.78 is 10.2. The molecule has 1 aliphatic rings. The average molecular weight is 435 g/mol. The number of hydrogen-bond acceptors (Lipinski definition) is 8. The van der Waals surface area contributed by atoms with E-state index in [1.165, 1.54) is 4.57 Å². The molecule has 0 spiro atoms. The van der Waals surface area contributed by atoms with Gasteiger partial charge in [0.1, 0.15) is 22.9 Å². The fourth-order valence-electron chi connectivity index (χ4n) is 4.11. The third-order valence-corrected chi connectivity index (χ3v) is 5.73. The molecule has 0 aromatic carbocycles. The van der Waals surface area contributed by atoms with Crippen LogP contribution in [0.3, 0.4) is 0 Å². The maximum Gasteiger partial charge on any atom is 0.330 e. The molecule has 11 heteroatoms. The monoisotopic (exact) mass is 435 g/mol.